The van der Waals surface area contributed by atoms with Crippen molar-refractivity contribution in [3.63, 3.8) is 0 Å². The van der Waals surface area contributed by atoms with Gasteiger partial charge in [-0.3, -0.25) is 14.9 Å². The zero-order valence-electron chi connectivity index (χ0n) is 32.1. The topological polar surface area (TPSA) is 91.0 Å². The summed E-state index contributed by atoms with van der Waals surface area (Å²) in [7, 11) is 0. The Labute approximate surface area is 339 Å². The van der Waals surface area contributed by atoms with E-state index in [-0.39, 0.29) is 30.3 Å². The molecule has 0 saturated carbocycles. The van der Waals surface area contributed by atoms with Crippen LogP contribution in [0.3, 0.4) is 0 Å². The molecular weight excluding hydrogens is 743 g/mol. The SMILES string of the molecule is C=C(NCCC[C@H]1CN(C(=O)Cc2ccc3ccccc3c2)[C@H](Cc2ccccc2)CN1C(=O)c1cccc(-c2ccc(Cl)cc2Cl)c1)NC(=O)OC(C)(C)C. The molecular formula is C46H48Cl2N4O4. The molecule has 0 bridgehead atoms. The van der Waals surface area contributed by atoms with E-state index in [9.17, 15) is 14.4 Å². The fourth-order valence-electron chi connectivity index (χ4n) is 7.19. The molecule has 0 aromatic heterocycles. The molecule has 1 aliphatic heterocycles. The van der Waals surface area contributed by atoms with Gasteiger partial charge in [0.2, 0.25) is 5.91 Å². The molecule has 290 valence electrons. The van der Waals surface area contributed by atoms with Crippen LogP contribution in [0.25, 0.3) is 21.9 Å². The summed E-state index contributed by atoms with van der Waals surface area (Å²) in [5, 5.41) is 9.03. The monoisotopic (exact) mass is 790 g/mol. The fraction of sp³-hybridized carbons (Fsp3) is 0.283. The number of hydrogen-bond donors (Lipinski definition) is 2. The first-order valence-electron chi connectivity index (χ1n) is 18.9. The van der Waals surface area contributed by atoms with Crippen molar-refractivity contribution in [3.8, 4) is 11.1 Å². The number of piperazine rings is 1. The average molecular weight is 792 g/mol. The molecule has 0 aliphatic carbocycles. The maximum Gasteiger partial charge on any atom is 0.413 e. The largest absolute Gasteiger partial charge is 0.444 e. The number of nitrogens with one attached hydrogen (secondary N) is 2. The van der Waals surface area contributed by atoms with Gasteiger partial charge in [-0.25, -0.2) is 4.79 Å². The van der Waals surface area contributed by atoms with E-state index in [0.717, 1.165) is 33.0 Å². The molecule has 56 heavy (non-hydrogen) atoms. The predicted octanol–water partition coefficient (Wildman–Crippen LogP) is 9.69. The van der Waals surface area contributed by atoms with E-state index in [1.807, 2.05) is 76.5 Å². The molecule has 3 amide bonds. The fourth-order valence-corrected chi connectivity index (χ4v) is 7.71. The van der Waals surface area contributed by atoms with E-state index in [0.29, 0.717) is 60.3 Å². The van der Waals surface area contributed by atoms with Gasteiger partial charge in [0.05, 0.1) is 12.5 Å². The molecule has 0 unspecified atom stereocenters. The summed E-state index contributed by atoms with van der Waals surface area (Å²) in [6.45, 7) is 10.5. The molecule has 1 heterocycles. The number of hydrogen-bond acceptors (Lipinski definition) is 5. The summed E-state index contributed by atoms with van der Waals surface area (Å²) in [6, 6.07) is 36.7. The molecule has 0 spiro atoms. The first-order valence-corrected chi connectivity index (χ1v) is 19.7. The molecule has 6 rings (SSSR count). The standard InChI is InChI=1S/C46H48Cl2N4O4/c1-31(50-45(55)56-46(2,3)4)49-23-11-18-39-29-51(43(53)26-33-19-20-34-14-8-9-15-35(34)24-33)40(25-32-12-6-5-7-13-32)30-52(39)44(54)37-17-10-16-36(27-37)41-22-21-38(47)28-42(41)48/h5-10,12-17,19-22,24,27-28,39-40,49H,1,11,18,23,25-26,29-30H2,2-4H3,(H,50,55)/t39-,40+/m0/s1. The van der Waals surface area contributed by atoms with Crippen molar-refractivity contribution < 1.29 is 19.1 Å². The highest BCUT2D eigenvalue weighted by Gasteiger charge is 2.38. The van der Waals surface area contributed by atoms with Gasteiger partial charge in [-0.15, -0.1) is 0 Å². The molecule has 2 atom stereocenters. The van der Waals surface area contributed by atoms with Gasteiger partial charge in [0.1, 0.15) is 11.4 Å². The molecule has 1 saturated heterocycles. The molecule has 0 radical (unpaired) electrons. The second kappa shape index (κ2) is 18.1. The second-order valence-corrected chi connectivity index (χ2v) is 16.1. The van der Waals surface area contributed by atoms with Gasteiger partial charge in [0, 0.05) is 46.8 Å². The zero-order chi connectivity index (χ0) is 39.8. The van der Waals surface area contributed by atoms with Crippen molar-refractivity contribution >= 4 is 51.9 Å². The third-order valence-corrected chi connectivity index (χ3v) is 10.4. The van der Waals surface area contributed by atoms with Crippen LogP contribution in [-0.4, -0.2) is 65.0 Å². The quantitative estimate of drug-likeness (QED) is 0.123. The van der Waals surface area contributed by atoms with Gasteiger partial charge < -0.3 is 19.9 Å². The van der Waals surface area contributed by atoms with Gasteiger partial charge in [0.25, 0.3) is 5.91 Å². The minimum absolute atomic E-state index is 0.0192. The maximum atomic E-state index is 14.7. The molecule has 5 aromatic rings. The normalized spacial score (nSPS) is 15.7. The van der Waals surface area contributed by atoms with Crippen LogP contribution >= 0.6 is 23.2 Å². The van der Waals surface area contributed by atoms with E-state index in [4.69, 9.17) is 27.9 Å². The summed E-state index contributed by atoms with van der Waals surface area (Å²) < 4.78 is 5.35. The Hall–Kier alpha value is -5.31. The second-order valence-electron chi connectivity index (χ2n) is 15.2. The van der Waals surface area contributed by atoms with Crippen LogP contribution in [0, 0.1) is 0 Å². The summed E-state index contributed by atoms with van der Waals surface area (Å²) in [5.41, 5.74) is 3.50. The minimum atomic E-state index is -0.641. The highest BCUT2D eigenvalue weighted by molar-refractivity contribution is 6.36. The van der Waals surface area contributed by atoms with Crippen molar-refractivity contribution in [2.45, 2.75) is 64.1 Å². The third-order valence-electron chi connectivity index (χ3n) is 9.82. The van der Waals surface area contributed by atoms with Crippen LogP contribution < -0.4 is 10.6 Å². The summed E-state index contributed by atoms with van der Waals surface area (Å²) in [5.74, 6) is 0.222. The van der Waals surface area contributed by atoms with E-state index in [1.165, 1.54) is 0 Å². The first-order chi connectivity index (χ1) is 26.8. The molecule has 1 fully saturated rings. The van der Waals surface area contributed by atoms with Gasteiger partial charge >= 0.3 is 6.09 Å². The smallest absolute Gasteiger partial charge is 0.413 e. The van der Waals surface area contributed by atoms with Crippen molar-refractivity contribution in [2.24, 2.45) is 0 Å². The number of carbonyl (C=O) groups is 3. The van der Waals surface area contributed by atoms with Crippen LogP contribution in [0.1, 0.15) is 55.1 Å². The molecule has 8 nitrogen and oxygen atoms in total. The van der Waals surface area contributed by atoms with Crippen molar-refractivity contribution in [1.29, 1.82) is 0 Å². The Morgan fingerprint density at radius 1 is 0.786 bits per heavy atom. The third kappa shape index (κ3) is 10.7. The highest BCUT2D eigenvalue weighted by atomic mass is 35.5. The average Bonchev–Trinajstić information content (AvgIpc) is 3.16. The van der Waals surface area contributed by atoms with Crippen LogP contribution in [0.2, 0.25) is 10.0 Å². The van der Waals surface area contributed by atoms with E-state index in [1.54, 1.807) is 32.9 Å². The van der Waals surface area contributed by atoms with Crippen LogP contribution in [0.15, 0.2) is 128 Å². The number of halogens is 2. The van der Waals surface area contributed by atoms with E-state index in [2.05, 4.69) is 53.6 Å². The highest BCUT2D eigenvalue weighted by Crippen LogP contribution is 2.32. The summed E-state index contributed by atoms with van der Waals surface area (Å²) >= 11 is 12.8. The van der Waals surface area contributed by atoms with Gasteiger partial charge in [-0.1, -0.05) is 121 Å². The molecule has 10 heteroatoms. The van der Waals surface area contributed by atoms with E-state index < -0.39 is 11.7 Å². The minimum Gasteiger partial charge on any atom is -0.444 e. The lowest BCUT2D eigenvalue weighted by atomic mass is 9.94. The Kier molecular flexibility index (Phi) is 13.0. The molecule has 1 aliphatic rings. The number of alkyl carbamates (subject to hydrolysis) is 1. The Bertz CT molecular complexity index is 2200. The predicted molar refractivity (Wildman–Crippen MR) is 226 cm³/mol. The number of ether oxygens (including phenoxy) is 1. The van der Waals surface area contributed by atoms with Crippen LogP contribution in [-0.2, 0) is 22.4 Å². The maximum absolute atomic E-state index is 14.7. The van der Waals surface area contributed by atoms with Crippen molar-refractivity contribution in [2.75, 3.05) is 19.6 Å². The number of nitrogens with zero attached hydrogens (tertiary/aromatic N) is 2. The Morgan fingerprint density at radius 2 is 1.52 bits per heavy atom. The lowest BCUT2D eigenvalue weighted by molar-refractivity contribution is -0.136. The number of benzene rings is 5. The van der Waals surface area contributed by atoms with Crippen molar-refractivity contribution in [1.82, 2.24) is 20.4 Å². The number of amides is 3. The number of rotatable bonds is 12. The number of carbonyl (C=O) groups excluding carboxylic acids is 3. The lowest BCUT2D eigenvalue weighted by Gasteiger charge is -2.47. The van der Waals surface area contributed by atoms with Gasteiger partial charge in [0.15, 0.2) is 0 Å². The Balaban J connectivity index is 1.26. The first kappa shape index (κ1) is 40.4. The summed E-state index contributed by atoms with van der Waals surface area (Å²) in [4.78, 5) is 45.3. The van der Waals surface area contributed by atoms with Gasteiger partial charge in [-0.2, -0.15) is 0 Å². The number of fused-ring (bicyclic) bond motifs is 1. The van der Waals surface area contributed by atoms with Crippen molar-refractivity contribution in [3.05, 3.63) is 154 Å². The summed E-state index contributed by atoms with van der Waals surface area (Å²) in [6.07, 6.45) is 1.49. The lowest BCUT2D eigenvalue weighted by Crippen LogP contribution is -2.62. The zero-order valence-corrected chi connectivity index (χ0v) is 33.6. The van der Waals surface area contributed by atoms with Gasteiger partial charge in [-0.05, 0) is 91.8 Å². The van der Waals surface area contributed by atoms with E-state index >= 15 is 0 Å². The molecule has 5 aromatic carbocycles. The van der Waals surface area contributed by atoms with Crippen LogP contribution in [0.4, 0.5) is 4.79 Å². The molecule has 2 N–H and O–H groups in total. The Morgan fingerprint density at radius 3 is 2.27 bits per heavy atom. The van der Waals surface area contributed by atoms with Crippen LogP contribution in [0.5, 0.6) is 0 Å².